The maximum atomic E-state index is 3.96. The Morgan fingerprint density at radius 3 is 2.12 bits per heavy atom. The van der Waals surface area contributed by atoms with Gasteiger partial charge in [-0.15, -0.1) is 0 Å². The van der Waals surface area contributed by atoms with E-state index in [0.717, 1.165) is 13.1 Å². The largest absolute Gasteiger partial charge is 0.298 e. The monoisotopic (exact) mass is 113 g/mol. The maximum absolute atomic E-state index is 3.96. The molecule has 0 aromatic rings. The molecule has 0 amide bonds. The Kier molecular flexibility index (Phi) is 4.32. The summed E-state index contributed by atoms with van der Waals surface area (Å²) in [7, 11) is 0. The first-order valence-corrected chi connectivity index (χ1v) is 2.91. The van der Waals surface area contributed by atoms with Crippen LogP contribution >= 0.6 is 0 Å². The molecule has 0 aromatic heterocycles. The van der Waals surface area contributed by atoms with Crippen LogP contribution in [0.3, 0.4) is 0 Å². The van der Waals surface area contributed by atoms with E-state index in [9.17, 15) is 0 Å². The molecular weight excluding hydrogens is 100 g/mol. The van der Waals surface area contributed by atoms with Gasteiger partial charge in [0.25, 0.3) is 0 Å². The summed E-state index contributed by atoms with van der Waals surface area (Å²) in [5.74, 6) is 0. The van der Waals surface area contributed by atoms with Crippen LogP contribution in [-0.4, -0.2) is 24.3 Å². The van der Waals surface area contributed by atoms with Crippen LogP contribution in [0.2, 0.25) is 0 Å². The molecule has 0 aliphatic carbocycles. The summed E-state index contributed by atoms with van der Waals surface area (Å²) in [5.41, 5.74) is 0. The van der Waals surface area contributed by atoms with Crippen LogP contribution in [-0.2, 0) is 0 Å². The van der Waals surface area contributed by atoms with Crippen LogP contribution in [0.4, 0.5) is 0 Å². The van der Waals surface area contributed by atoms with Crippen LogP contribution in [0.15, 0.2) is 5.10 Å². The van der Waals surface area contributed by atoms with Crippen molar-refractivity contribution >= 4 is 6.21 Å². The van der Waals surface area contributed by atoms with Crippen molar-refractivity contribution in [3.8, 4) is 0 Å². The molecule has 0 fully saturated rings. The number of hydrogen-bond donors (Lipinski definition) is 0. The Bertz CT molecular complexity index is 64.9. The summed E-state index contributed by atoms with van der Waals surface area (Å²) in [6.45, 7) is 9.54. The zero-order valence-electron chi connectivity index (χ0n) is 5.59. The molecule has 0 unspecified atom stereocenters. The van der Waals surface area contributed by atoms with E-state index in [1.807, 2.05) is 5.01 Å². The van der Waals surface area contributed by atoms with Crippen molar-refractivity contribution in [2.45, 2.75) is 13.8 Å². The molecule has 47 valence electrons. The minimum absolute atomic E-state index is 0.961. The predicted molar refractivity (Wildman–Crippen MR) is 36.8 cm³/mol. The molecule has 0 aromatic carbocycles. The van der Waals surface area contributed by atoms with E-state index in [1.165, 1.54) is 0 Å². The first-order chi connectivity index (χ1) is 3.85. The second-order valence-electron chi connectivity index (χ2n) is 1.44. The van der Waals surface area contributed by atoms with Gasteiger partial charge in [0.1, 0.15) is 0 Å². The fourth-order valence-electron chi connectivity index (χ4n) is 0.502. The van der Waals surface area contributed by atoms with E-state index in [-0.39, 0.29) is 0 Å². The third-order valence-electron chi connectivity index (χ3n) is 0.975. The zero-order valence-corrected chi connectivity index (χ0v) is 5.59. The summed E-state index contributed by atoms with van der Waals surface area (Å²) >= 11 is 0. The van der Waals surface area contributed by atoms with Crippen molar-refractivity contribution in [2.24, 2.45) is 5.10 Å². The van der Waals surface area contributed by atoms with Crippen LogP contribution in [0.1, 0.15) is 13.8 Å². The second kappa shape index (κ2) is 4.62. The summed E-state index contributed by atoms with van der Waals surface area (Å²) in [4.78, 5) is 0. The second-order valence-corrected chi connectivity index (χ2v) is 1.44. The van der Waals surface area contributed by atoms with Gasteiger partial charge < -0.3 is 0 Å². The summed E-state index contributed by atoms with van der Waals surface area (Å²) in [5, 5.41) is 5.90. The van der Waals surface area contributed by atoms with Gasteiger partial charge in [-0.2, -0.15) is 5.10 Å². The van der Waals surface area contributed by atoms with Crippen LogP contribution in [0.5, 0.6) is 0 Å². The smallest absolute Gasteiger partial charge is 0.0331 e. The highest BCUT2D eigenvalue weighted by Crippen LogP contribution is 1.83. The normalized spacial score (nSPS) is 10.4. The highest BCUT2D eigenvalue weighted by atomic mass is 15.4. The van der Waals surface area contributed by atoms with E-state index in [0.29, 0.717) is 0 Å². The van der Waals surface area contributed by atoms with Gasteiger partial charge in [-0.25, -0.2) is 0 Å². The van der Waals surface area contributed by atoms with Crippen molar-refractivity contribution in [1.82, 2.24) is 5.01 Å². The number of rotatable bonds is 3. The van der Waals surface area contributed by atoms with E-state index in [4.69, 9.17) is 0 Å². The molecule has 0 aliphatic rings. The molecule has 8 heavy (non-hydrogen) atoms. The summed E-state index contributed by atoms with van der Waals surface area (Å²) in [6.07, 6.45) is 1.56. The van der Waals surface area contributed by atoms with Gasteiger partial charge in [-0.1, -0.05) is 0 Å². The Hall–Kier alpha value is -0.530. The first kappa shape index (κ1) is 7.47. The van der Waals surface area contributed by atoms with Gasteiger partial charge in [-0.05, 0) is 20.8 Å². The molecule has 2 nitrogen and oxygen atoms in total. The van der Waals surface area contributed by atoms with E-state index in [1.54, 1.807) is 6.21 Å². The van der Waals surface area contributed by atoms with Crippen molar-refractivity contribution in [1.29, 1.82) is 0 Å². The molecule has 0 saturated heterocycles. The van der Waals surface area contributed by atoms with Crippen LogP contribution in [0, 0.1) is 6.92 Å². The quantitative estimate of drug-likeness (QED) is 0.396. The predicted octanol–water partition coefficient (Wildman–Crippen LogP) is 1.15. The molecule has 0 saturated carbocycles. The Morgan fingerprint density at radius 2 is 2.00 bits per heavy atom. The minimum atomic E-state index is 0.961. The van der Waals surface area contributed by atoms with Gasteiger partial charge in [0.2, 0.25) is 0 Å². The van der Waals surface area contributed by atoms with Crippen molar-refractivity contribution < 1.29 is 0 Å². The lowest BCUT2D eigenvalue weighted by atomic mass is 10.6. The minimum Gasteiger partial charge on any atom is -0.298 e. The average Bonchev–Trinajstić information content (AvgIpc) is 1.83. The Balaban J connectivity index is 3.36. The fraction of sp³-hybridized carbons (Fsp3) is 0.667. The molecule has 0 heterocycles. The van der Waals surface area contributed by atoms with E-state index in [2.05, 4.69) is 25.9 Å². The highest BCUT2D eigenvalue weighted by molar-refractivity contribution is 5.61. The summed E-state index contributed by atoms with van der Waals surface area (Å²) in [6, 6.07) is 0. The lowest BCUT2D eigenvalue weighted by Crippen LogP contribution is -2.15. The number of hydrazone groups is 1. The first-order valence-electron chi connectivity index (χ1n) is 2.91. The van der Waals surface area contributed by atoms with Gasteiger partial charge in [-0.3, -0.25) is 5.01 Å². The van der Waals surface area contributed by atoms with E-state index < -0.39 is 0 Å². The molecule has 0 spiro atoms. The third kappa shape index (κ3) is 2.61. The van der Waals surface area contributed by atoms with Gasteiger partial charge in [0.15, 0.2) is 0 Å². The summed E-state index contributed by atoms with van der Waals surface area (Å²) < 4.78 is 0. The van der Waals surface area contributed by atoms with Crippen molar-refractivity contribution in [2.75, 3.05) is 13.1 Å². The van der Waals surface area contributed by atoms with Crippen molar-refractivity contribution in [3.63, 3.8) is 0 Å². The standard InChI is InChI=1S/C6H13N2/c1-4-7-8(5-2)6-3/h4H,1,5-6H2,2-3H3. The highest BCUT2D eigenvalue weighted by Gasteiger charge is 1.86. The van der Waals surface area contributed by atoms with Crippen LogP contribution < -0.4 is 0 Å². The molecule has 0 aliphatic heterocycles. The van der Waals surface area contributed by atoms with Gasteiger partial charge >= 0.3 is 0 Å². The molecule has 0 atom stereocenters. The van der Waals surface area contributed by atoms with Crippen molar-refractivity contribution in [3.05, 3.63) is 6.92 Å². The lowest BCUT2D eigenvalue weighted by molar-refractivity contribution is 0.323. The zero-order chi connectivity index (χ0) is 6.41. The average molecular weight is 113 g/mol. The molecule has 0 bridgehead atoms. The maximum Gasteiger partial charge on any atom is 0.0331 e. The molecular formula is C6H13N2. The topological polar surface area (TPSA) is 15.6 Å². The SMILES string of the molecule is [CH2]C=NN(CC)CC. The molecule has 2 heteroatoms. The molecule has 0 N–H and O–H groups in total. The Labute approximate surface area is 51.2 Å². The number of nitrogens with zero attached hydrogens (tertiary/aromatic N) is 2. The number of hydrogen-bond acceptors (Lipinski definition) is 2. The molecule has 0 rings (SSSR count). The van der Waals surface area contributed by atoms with Crippen LogP contribution in [0.25, 0.3) is 0 Å². The van der Waals surface area contributed by atoms with E-state index >= 15 is 0 Å². The fourth-order valence-corrected chi connectivity index (χ4v) is 0.502. The molecule has 1 radical (unpaired) electrons. The Morgan fingerprint density at radius 1 is 1.50 bits per heavy atom. The third-order valence-corrected chi connectivity index (χ3v) is 0.975. The lowest BCUT2D eigenvalue weighted by Gasteiger charge is -2.11. The van der Waals surface area contributed by atoms with Gasteiger partial charge in [0.05, 0.1) is 0 Å². The van der Waals surface area contributed by atoms with Gasteiger partial charge in [0, 0.05) is 19.3 Å².